The van der Waals surface area contributed by atoms with Crippen LogP contribution >= 0.6 is 0 Å². The molecule has 0 radical (unpaired) electrons. The number of amides is 3. The first-order valence-corrected chi connectivity index (χ1v) is 8.02. The standard InChI is InChI=1S/C20H20N2O4/c1-14-8-10-15(11-9-14)12-13-17(23)26-18(16-6-4-3-5-7-16)19(24)22-20(25)21-2/h3-13,18H,1-2H3,(H2,21,22,24,25)/b13-12+. The molecule has 0 spiro atoms. The van der Waals surface area contributed by atoms with Crippen LogP contribution in [-0.4, -0.2) is 25.0 Å². The van der Waals surface area contributed by atoms with Gasteiger partial charge in [0.05, 0.1) is 0 Å². The van der Waals surface area contributed by atoms with E-state index in [9.17, 15) is 14.4 Å². The zero-order valence-corrected chi connectivity index (χ0v) is 14.6. The first kappa shape index (κ1) is 18.9. The summed E-state index contributed by atoms with van der Waals surface area (Å²) in [7, 11) is 1.39. The van der Waals surface area contributed by atoms with E-state index in [0.29, 0.717) is 5.56 Å². The number of urea groups is 1. The third-order valence-corrected chi connectivity index (χ3v) is 3.53. The number of rotatable bonds is 5. The number of carbonyl (C=O) groups is 3. The average Bonchev–Trinajstić information content (AvgIpc) is 2.66. The number of benzene rings is 2. The monoisotopic (exact) mass is 352 g/mol. The Kier molecular flexibility index (Phi) is 6.68. The molecule has 0 aliphatic heterocycles. The summed E-state index contributed by atoms with van der Waals surface area (Å²) in [5.74, 6) is -1.42. The Morgan fingerprint density at radius 1 is 1.00 bits per heavy atom. The molecule has 6 heteroatoms. The van der Waals surface area contributed by atoms with Crippen molar-refractivity contribution in [2.24, 2.45) is 0 Å². The van der Waals surface area contributed by atoms with E-state index in [2.05, 4.69) is 10.6 Å². The van der Waals surface area contributed by atoms with Gasteiger partial charge < -0.3 is 10.1 Å². The molecule has 2 N–H and O–H groups in total. The molecule has 2 aromatic carbocycles. The Bertz CT molecular complexity index is 798. The Morgan fingerprint density at radius 2 is 1.65 bits per heavy atom. The molecule has 3 amide bonds. The smallest absolute Gasteiger partial charge is 0.331 e. The normalized spacial score (nSPS) is 11.6. The predicted molar refractivity (Wildman–Crippen MR) is 98.1 cm³/mol. The lowest BCUT2D eigenvalue weighted by Crippen LogP contribution is -2.41. The Morgan fingerprint density at radius 3 is 2.27 bits per heavy atom. The molecule has 1 atom stereocenters. The number of hydrogen-bond donors (Lipinski definition) is 2. The number of aryl methyl sites for hydroxylation is 1. The van der Waals surface area contributed by atoms with Crippen molar-refractivity contribution in [2.45, 2.75) is 13.0 Å². The van der Waals surface area contributed by atoms with Crippen molar-refractivity contribution in [2.75, 3.05) is 7.05 Å². The van der Waals surface area contributed by atoms with Crippen LogP contribution in [0.1, 0.15) is 22.8 Å². The Hall–Kier alpha value is -3.41. The van der Waals surface area contributed by atoms with Crippen molar-refractivity contribution in [3.8, 4) is 0 Å². The first-order valence-electron chi connectivity index (χ1n) is 8.02. The molecule has 134 valence electrons. The fraction of sp³-hybridized carbons (Fsp3) is 0.150. The minimum absolute atomic E-state index is 0.464. The summed E-state index contributed by atoms with van der Waals surface area (Å²) in [6, 6.07) is 15.4. The second-order valence-corrected chi connectivity index (χ2v) is 5.54. The zero-order valence-electron chi connectivity index (χ0n) is 14.6. The third-order valence-electron chi connectivity index (χ3n) is 3.53. The van der Waals surface area contributed by atoms with Crippen LogP contribution in [0, 0.1) is 6.92 Å². The fourth-order valence-electron chi connectivity index (χ4n) is 2.14. The summed E-state index contributed by atoms with van der Waals surface area (Å²) in [5.41, 5.74) is 2.41. The highest BCUT2D eigenvalue weighted by Gasteiger charge is 2.25. The second-order valence-electron chi connectivity index (χ2n) is 5.54. The lowest BCUT2D eigenvalue weighted by molar-refractivity contribution is -0.151. The van der Waals surface area contributed by atoms with Crippen molar-refractivity contribution < 1.29 is 19.1 Å². The topological polar surface area (TPSA) is 84.5 Å². The highest BCUT2D eigenvalue weighted by Crippen LogP contribution is 2.18. The molecule has 0 saturated heterocycles. The quantitative estimate of drug-likeness (QED) is 0.640. The highest BCUT2D eigenvalue weighted by molar-refractivity contribution is 5.98. The number of hydrogen-bond acceptors (Lipinski definition) is 4. The van der Waals surface area contributed by atoms with E-state index in [-0.39, 0.29) is 0 Å². The fourth-order valence-corrected chi connectivity index (χ4v) is 2.14. The van der Waals surface area contributed by atoms with Crippen LogP contribution in [0.2, 0.25) is 0 Å². The molecule has 0 saturated carbocycles. The van der Waals surface area contributed by atoms with E-state index in [1.165, 1.54) is 13.1 Å². The van der Waals surface area contributed by atoms with Crippen LogP contribution in [0.4, 0.5) is 4.79 Å². The number of nitrogens with one attached hydrogen (secondary N) is 2. The summed E-state index contributed by atoms with van der Waals surface area (Å²) >= 11 is 0. The lowest BCUT2D eigenvalue weighted by atomic mass is 10.1. The first-order chi connectivity index (χ1) is 12.5. The number of ether oxygens (including phenoxy) is 1. The van der Waals surface area contributed by atoms with Crippen molar-refractivity contribution in [1.29, 1.82) is 0 Å². The second kappa shape index (κ2) is 9.17. The summed E-state index contributed by atoms with van der Waals surface area (Å²) in [5, 5.41) is 4.40. The van der Waals surface area contributed by atoms with E-state index < -0.39 is 24.0 Å². The molecule has 0 fully saturated rings. The van der Waals surface area contributed by atoms with Gasteiger partial charge in [-0.1, -0.05) is 60.2 Å². The van der Waals surface area contributed by atoms with Gasteiger partial charge in [-0.2, -0.15) is 0 Å². The SMILES string of the molecule is CNC(=O)NC(=O)C(OC(=O)/C=C/c1ccc(C)cc1)c1ccccc1. The number of esters is 1. The van der Waals surface area contributed by atoms with E-state index in [1.807, 2.05) is 31.2 Å². The molecule has 0 aliphatic carbocycles. The van der Waals surface area contributed by atoms with Crippen LogP contribution in [0.5, 0.6) is 0 Å². The summed E-state index contributed by atoms with van der Waals surface area (Å²) in [6.07, 6.45) is 1.61. The maximum Gasteiger partial charge on any atom is 0.331 e. The van der Waals surface area contributed by atoms with Gasteiger partial charge in [-0.05, 0) is 18.6 Å². The van der Waals surface area contributed by atoms with Gasteiger partial charge in [0, 0.05) is 18.7 Å². The van der Waals surface area contributed by atoms with E-state index in [1.54, 1.807) is 36.4 Å². The maximum absolute atomic E-state index is 12.3. The summed E-state index contributed by atoms with van der Waals surface area (Å²) < 4.78 is 5.27. The molecule has 2 aromatic rings. The molecule has 2 rings (SSSR count). The molecule has 0 aromatic heterocycles. The van der Waals surface area contributed by atoms with Gasteiger partial charge in [0.2, 0.25) is 6.10 Å². The number of carbonyl (C=O) groups excluding carboxylic acids is 3. The number of imide groups is 1. The molecule has 0 aliphatic rings. The van der Waals surface area contributed by atoms with Gasteiger partial charge in [-0.3, -0.25) is 10.1 Å². The predicted octanol–water partition coefficient (Wildman–Crippen LogP) is 2.75. The van der Waals surface area contributed by atoms with Gasteiger partial charge in [-0.25, -0.2) is 9.59 Å². The summed E-state index contributed by atoms with van der Waals surface area (Å²) in [4.78, 5) is 35.8. The minimum Gasteiger partial charge on any atom is -0.444 e. The van der Waals surface area contributed by atoms with E-state index >= 15 is 0 Å². The van der Waals surface area contributed by atoms with Crippen LogP contribution in [0.15, 0.2) is 60.7 Å². The van der Waals surface area contributed by atoms with Crippen LogP contribution in [0.25, 0.3) is 6.08 Å². The van der Waals surface area contributed by atoms with Crippen LogP contribution in [-0.2, 0) is 14.3 Å². The molecule has 0 heterocycles. The lowest BCUT2D eigenvalue weighted by Gasteiger charge is -2.16. The molecule has 1 unspecified atom stereocenters. The van der Waals surface area contributed by atoms with Crippen LogP contribution < -0.4 is 10.6 Å². The zero-order chi connectivity index (χ0) is 18.9. The van der Waals surface area contributed by atoms with Crippen molar-refractivity contribution in [3.05, 3.63) is 77.4 Å². The van der Waals surface area contributed by atoms with Gasteiger partial charge in [0.15, 0.2) is 0 Å². The average molecular weight is 352 g/mol. The van der Waals surface area contributed by atoms with Crippen LogP contribution in [0.3, 0.4) is 0 Å². The van der Waals surface area contributed by atoms with E-state index in [4.69, 9.17) is 4.74 Å². The van der Waals surface area contributed by atoms with Crippen molar-refractivity contribution in [3.63, 3.8) is 0 Å². The highest BCUT2D eigenvalue weighted by atomic mass is 16.5. The van der Waals surface area contributed by atoms with Crippen molar-refractivity contribution in [1.82, 2.24) is 10.6 Å². The molecule has 0 bridgehead atoms. The molecular formula is C20H20N2O4. The van der Waals surface area contributed by atoms with Gasteiger partial charge >= 0.3 is 12.0 Å². The molecule has 26 heavy (non-hydrogen) atoms. The molecule has 6 nitrogen and oxygen atoms in total. The third kappa shape index (κ3) is 5.59. The van der Waals surface area contributed by atoms with Gasteiger partial charge in [-0.15, -0.1) is 0 Å². The molecular weight excluding hydrogens is 332 g/mol. The van der Waals surface area contributed by atoms with Gasteiger partial charge in [0.1, 0.15) is 0 Å². The maximum atomic E-state index is 12.3. The summed E-state index contributed by atoms with van der Waals surface area (Å²) in [6.45, 7) is 1.97. The largest absolute Gasteiger partial charge is 0.444 e. The van der Waals surface area contributed by atoms with E-state index in [0.717, 1.165) is 11.1 Å². The van der Waals surface area contributed by atoms with Crippen molar-refractivity contribution >= 4 is 24.0 Å². The Labute approximate surface area is 151 Å². The van der Waals surface area contributed by atoms with Gasteiger partial charge in [0.25, 0.3) is 5.91 Å². The minimum atomic E-state index is -1.23. The Balaban J connectivity index is 2.12.